The van der Waals surface area contributed by atoms with Gasteiger partial charge in [-0.15, -0.1) is 11.6 Å². The molecule has 0 bridgehead atoms. The number of pyridine rings is 1. The molecule has 0 saturated carbocycles. The summed E-state index contributed by atoms with van der Waals surface area (Å²) in [7, 11) is 0. The maximum atomic E-state index is 9.20. The van der Waals surface area contributed by atoms with Crippen LogP contribution in [0.25, 0.3) is 0 Å². The summed E-state index contributed by atoms with van der Waals surface area (Å²) < 4.78 is 5.67. The van der Waals surface area contributed by atoms with Crippen LogP contribution in [-0.2, 0) is 12.5 Å². The second-order valence-corrected chi connectivity index (χ2v) is 3.74. The Kier molecular flexibility index (Phi) is 3.96. The summed E-state index contributed by atoms with van der Waals surface area (Å²) >= 11 is 5.80. The summed E-state index contributed by atoms with van der Waals surface area (Å²) in [6.45, 7) is -0.0702. The predicted octanol–water partition coefficient (Wildman–Crippen LogP) is 3.11. The molecule has 2 rings (SSSR count). The normalized spacial score (nSPS) is 10.2. The first kappa shape index (κ1) is 11.9. The average Bonchev–Trinajstić information content (AvgIpc) is 2.40. The number of nitrogens with zero attached hydrogens (tertiary/aromatic N) is 1. The van der Waals surface area contributed by atoms with Gasteiger partial charge in [-0.05, 0) is 12.1 Å². The Hall–Kier alpha value is -1.58. The number of alkyl halides is 1. The SMILES string of the molecule is OCc1ccccc1Oc1ncccc1CCl. The van der Waals surface area contributed by atoms with Crippen molar-refractivity contribution in [1.29, 1.82) is 0 Å². The Morgan fingerprint density at radius 2 is 1.88 bits per heavy atom. The van der Waals surface area contributed by atoms with E-state index in [0.29, 0.717) is 17.5 Å². The van der Waals surface area contributed by atoms with E-state index in [9.17, 15) is 5.11 Å². The molecule has 0 radical (unpaired) electrons. The van der Waals surface area contributed by atoms with Crippen molar-refractivity contribution in [2.75, 3.05) is 0 Å². The van der Waals surface area contributed by atoms with Crippen LogP contribution in [0.5, 0.6) is 11.6 Å². The summed E-state index contributed by atoms with van der Waals surface area (Å²) in [6, 6.07) is 11.0. The molecule has 0 aliphatic heterocycles. The zero-order chi connectivity index (χ0) is 12.1. The largest absolute Gasteiger partial charge is 0.438 e. The van der Waals surface area contributed by atoms with Gasteiger partial charge in [0.25, 0.3) is 0 Å². The topological polar surface area (TPSA) is 42.4 Å². The standard InChI is InChI=1S/C13H12ClNO2/c14-8-10-5-3-7-15-13(10)17-12-6-2-1-4-11(12)9-16/h1-7,16H,8-9H2. The fraction of sp³-hybridized carbons (Fsp3) is 0.154. The van der Waals surface area contributed by atoms with Gasteiger partial charge >= 0.3 is 0 Å². The Morgan fingerprint density at radius 1 is 1.12 bits per heavy atom. The van der Waals surface area contributed by atoms with E-state index in [4.69, 9.17) is 16.3 Å². The number of ether oxygens (including phenoxy) is 1. The number of aliphatic hydroxyl groups is 1. The van der Waals surface area contributed by atoms with Gasteiger partial charge in [0.1, 0.15) is 5.75 Å². The second kappa shape index (κ2) is 5.66. The van der Waals surface area contributed by atoms with E-state index in [2.05, 4.69) is 4.98 Å². The second-order valence-electron chi connectivity index (χ2n) is 3.47. The van der Waals surface area contributed by atoms with Crippen molar-refractivity contribution in [3.8, 4) is 11.6 Å². The van der Waals surface area contributed by atoms with Crippen LogP contribution in [0, 0.1) is 0 Å². The average molecular weight is 250 g/mol. The molecule has 0 spiro atoms. The Morgan fingerprint density at radius 3 is 2.65 bits per heavy atom. The van der Waals surface area contributed by atoms with Gasteiger partial charge in [-0.3, -0.25) is 0 Å². The van der Waals surface area contributed by atoms with Crippen LogP contribution in [0.15, 0.2) is 42.6 Å². The molecule has 2 aromatic rings. The monoisotopic (exact) mass is 249 g/mol. The summed E-state index contributed by atoms with van der Waals surface area (Å²) in [5, 5.41) is 9.20. The molecule has 1 aromatic carbocycles. The smallest absolute Gasteiger partial charge is 0.223 e. The molecule has 0 atom stereocenters. The number of para-hydroxylation sites is 1. The molecule has 0 fully saturated rings. The van der Waals surface area contributed by atoms with E-state index in [1.165, 1.54) is 0 Å². The number of aromatic nitrogens is 1. The van der Waals surface area contributed by atoms with Gasteiger partial charge in [0.05, 0.1) is 12.5 Å². The summed E-state index contributed by atoms with van der Waals surface area (Å²) in [5.74, 6) is 1.41. The maximum Gasteiger partial charge on any atom is 0.223 e. The molecule has 0 amide bonds. The van der Waals surface area contributed by atoms with Gasteiger partial charge in [-0.1, -0.05) is 24.3 Å². The number of hydrogen-bond donors (Lipinski definition) is 1. The zero-order valence-corrected chi connectivity index (χ0v) is 9.89. The number of rotatable bonds is 4. The third kappa shape index (κ3) is 2.75. The van der Waals surface area contributed by atoms with Crippen molar-refractivity contribution in [1.82, 2.24) is 4.98 Å². The van der Waals surface area contributed by atoms with E-state index in [1.54, 1.807) is 18.3 Å². The molecule has 0 aliphatic rings. The number of hydrogen-bond acceptors (Lipinski definition) is 3. The third-order valence-electron chi connectivity index (χ3n) is 2.34. The minimum atomic E-state index is -0.0702. The molecule has 0 saturated heterocycles. The van der Waals surface area contributed by atoms with Crippen LogP contribution >= 0.6 is 11.6 Å². The number of halogens is 1. The van der Waals surface area contributed by atoms with Crippen LogP contribution in [0.2, 0.25) is 0 Å². The quantitative estimate of drug-likeness (QED) is 0.847. The van der Waals surface area contributed by atoms with Gasteiger partial charge in [0.2, 0.25) is 5.88 Å². The molecule has 17 heavy (non-hydrogen) atoms. The highest BCUT2D eigenvalue weighted by atomic mass is 35.5. The summed E-state index contributed by atoms with van der Waals surface area (Å²) in [5.41, 5.74) is 1.54. The van der Waals surface area contributed by atoms with Gasteiger partial charge in [0.15, 0.2) is 0 Å². The molecule has 4 heteroatoms. The van der Waals surface area contributed by atoms with E-state index in [-0.39, 0.29) is 6.61 Å². The first-order valence-electron chi connectivity index (χ1n) is 5.21. The molecule has 1 heterocycles. The fourth-order valence-electron chi connectivity index (χ4n) is 1.46. The minimum absolute atomic E-state index is 0.0702. The lowest BCUT2D eigenvalue weighted by Gasteiger charge is -2.10. The van der Waals surface area contributed by atoms with Crippen molar-refractivity contribution >= 4 is 11.6 Å². The lowest BCUT2D eigenvalue weighted by Crippen LogP contribution is -1.95. The summed E-state index contributed by atoms with van der Waals surface area (Å²) in [4.78, 5) is 4.13. The van der Waals surface area contributed by atoms with E-state index < -0.39 is 0 Å². The lowest BCUT2D eigenvalue weighted by molar-refractivity contribution is 0.276. The van der Waals surface area contributed by atoms with Gasteiger partial charge in [0, 0.05) is 17.3 Å². The minimum Gasteiger partial charge on any atom is -0.438 e. The number of benzene rings is 1. The van der Waals surface area contributed by atoms with Crippen molar-refractivity contribution < 1.29 is 9.84 Å². The Bertz CT molecular complexity index is 457. The molecule has 0 unspecified atom stereocenters. The Balaban J connectivity index is 2.31. The first-order chi connectivity index (χ1) is 8.35. The van der Waals surface area contributed by atoms with Crippen LogP contribution in [0.1, 0.15) is 11.1 Å². The highest BCUT2D eigenvalue weighted by Gasteiger charge is 2.07. The first-order valence-corrected chi connectivity index (χ1v) is 5.75. The van der Waals surface area contributed by atoms with Crippen molar-refractivity contribution in [2.24, 2.45) is 0 Å². The third-order valence-corrected chi connectivity index (χ3v) is 2.63. The Labute approximate surface area is 105 Å². The zero-order valence-electron chi connectivity index (χ0n) is 9.14. The van der Waals surface area contributed by atoms with Crippen LogP contribution in [0.4, 0.5) is 0 Å². The van der Waals surface area contributed by atoms with E-state index in [0.717, 1.165) is 11.1 Å². The molecule has 88 valence electrons. The van der Waals surface area contributed by atoms with Gasteiger partial charge in [-0.25, -0.2) is 4.98 Å². The summed E-state index contributed by atoms with van der Waals surface area (Å²) in [6.07, 6.45) is 1.65. The van der Waals surface area contributed by atoms with Crippen molar-refractivity contribution in [2.45, 2.75) is 12.5 Å². The molecular formula is C13H12ClNO2. The molecule has 0 aliphatic carbocycles. The molecular weight excluding hydrogens is 238 g/mol. The molecule has 1 N–H and O–H groups in total. The van der Waals surface area contributed by atoms with E-state index >= 15 is 0 Å². The molecule has 3 nitrogen and oxygen atoms in total. The fourth-order valence-corrected chi connectivity index (χ4v) is 1.66. The maximum absolute atomic E-state index is 9.20. The number of aliphatic hydroxyl groups excluding tert-OH is 1. The highest BCUT2D eigenvalue weighted by molar-refractivity contribution is 6.17. The van der Waals surface area contributed by atoms with E-state index in [1.807, 2.05) is 24.3 Å². The lowest BCUT2D eigenvalue weighted by atomic mass is 10.2. The van der Waals surface area contributed by atoms with Crippen LogP contribution < -0.4 is 4.74 Å². The van der Waals surface area contributed by atoms with Crippen LogP contribution in [-0.4, -0.2) is 10.1 Å². The van der Waals surface area contributed by atoms with Gasteiger partial charge in [-0.2, -0.15) is 0 Å². The van der Waals surface area contributed by atoms with Crippen LogP contribution in [0.3, 0.4) is 0 Å². The van der Waals surface area contributed by atoms with Crippen molar-refractivity contribution in [3.05, 3.63) is 53.7 Å². The van der Waals surface area contributed by atoms with Gasteiger partial charge < -0.3 is 9.84 Å². The van der Waals surface area contributed by atoms with Crippen molar-refractivity contribution in [3.63, 3.8) is 0 Å². The highest BCUT2D eigenvalue weighted by Crippen LogP contribution is 2.26. The molecule has 1 aromatic heterocycles. The predicted molar refractivity (Wildman–Crippen MR) is 66.2 cm³/mol.